The van der Waals surface area contributed by atoms with Gasteiger partial charge in [-0.1, -0.05) is 42.0 Å². The Kier molecular flexibility index (Phi) is 4.89. The second-order valence-electron chi connectivity index (χ2n) is 8.69. The summed E-state index contributed by atoms with van der Waals surface area (Å²) in [7, 11) is -0.434. The molecule has 0 unspecified atom stereocenters. The van der Waals surface area contributed by atoms with Crippen LogP contribution in [0.1, 0.15) is 51.3 Å². The Morgan fingerprint density at radius 2 is 1.66 bits per heavy atom. The standard InChI is InChI=1S/C23H25BClNO3/c1-15(27)26-14-18-12-19(24-28-22(2,3)23(4,5)29-24)9-8-16(18)6-7-17-13-20(25)10-11-21(17)26/h6-13H,14H2,1-5H3/b7-6-. The highest BCUT2D eigenvalue weighted by Crippen LogP contribution is 2.37. The minimum absolute atomic E-state index is 0.0177. The van der Waals surface area contributed by atoms with Crippen molar-refractivity contribution in [3.63, 3.8) is 0 Å². The first-order chi connectivity index (χ1) is 13.6. The Hall–Kier alpha value is -2.08. The molecule has 2 aliphatic rings. The number of carbonyl (C=O) groups is 1. The fourth-order valence-electron chi connectivity index (χ4n) is 3.67. The normalized spacial score (nSPS) is 20.5. The van der Waals surface area contributed by atoms with E-state index in [1.165, 1.54) is 0 Å². The lowest BCUT2D eigenvalue weighted by Crippen LogP contribution is -2.41. The molecule has 29 heavy (non-hydrogen) atoms. The van der Waals surface area contributed by atoms with Crippen LogP contribution in [0.15, 0.2) is 36.4 Å². The fourth-order valence-corrected chi connectivity index (χ4v) is 3.85. The van der Waals surface area contributed by atoms with E-state index >= 15 is 0 Å². The molecule has 0 radical (unpaired) electrons. The molecule has 4 rings (SSSR count). The van der Waals surface area contributed by atoms with Gasteiger partial charge in [-0.3, -0.25) is 4.79 Å². The van der Waals surface area contributed by atoms with E-state index in [2.05, 4.69) is 18.2 Å². The van der Waals surface area contributed by atoms with E-state index < -0.39 is 18.3 Å². The van der Waals surface area contributed by atoms with Gasteiger partial charge in [0.25, 0.3) is 0 Å². The topological polar surface area (TPSA) is 38.8 Å². The summed E-state index contributed by atoms with van der Waals surface area (Å²) in [4.78, 5) is 14.2. The molecule has 0 aliphatic carbocycles. The van der Waals surface area contributed by atoms with E-state index in [-0.39, 0.29) is 5.91 Å². The molecule has 0 N–H and O–H groups in total. The zero-order valence-corrected chi connectivity index (χ0v) is 18.2. The first-order valence-electron chi connectivity index (χ1n) is 9.82. The van der Waals surface area contributed by atoms with Crippen molar-refractivity contribution in [1.29, 1.82) is 0 Å². The number of fused-ring (bicyclic) bond motifs is 2. The number of halogens is 1. The Bertz CT molecular complexity index is 999. The number of hydrogen-bond donors (Lipinski definition) is 0. The van der Waals surface area contributed by atoms with E-state index in [0.717, 1.165) is 27.8 Å². The van der Waals surface area contributed by atoms with Crippen LogP contribution in [-0.2, 0) is 20.6 Å². The third-order valence-corrected chi connectivity index (χ3v) is 6.36. The van der Waals surface area contributed by atoms with Gasteiger partial charge < -0.3 is 14.2 Å². The second kappa shape index (κ2) is 7.01. The smallest absolute Gasteiger partial charge is 0.399 e. The van der Waals surface area contributed by atoms with E-state index in [9.17, 15) is 4.79 Å². The van der Waals surface area contributed by atoms with Gasteiger partial charge in [-0.05, 0) is 68.0 Å². The monoisotopic (exact) mass is 409 g/mol. The maximum atomic E-state index is 12.5. The van der Waals surface area contributed by atoms with Crippen molar-refractivity contribution < 1.29 is 14.1 Å². The number of anilines is 1. The maximum absolute atomic E-state index is 12.5. The minimum atomic E-state index is -0.434. The number of nitrogens with zero attached hydrogens (tertiary/aromatic N) is 1. The van der Waals surface area contributed by atoms with Gasteiger partial charge in [0.2, 0.25) is 5.91 Å². The van der Waals surface area contributed by atoms with Gasteiger partial charge in [0.05, 0.1) is 23.4 Å². The highest BCUT2D eigenvalue weighted by Gasteiger charge is 2.51. The van der Waals surface area contributed by atoms with Gasteiger partial charge >= 0.3 is 7.12 Å². The third kappa shape index (κ3) is 3.63. The van der Waals surface area contributed by atoms with E-state index in [4.69, 9.17) is 20.9 Å². The molecule has 0 saturated carbocycles. The van der Waals surface area contributed by atoms with Gasteiger partial charge in [0.1, 0.15) is 0 Å². The number of benzene rings is 2. The number of amides is 1. The molecule has 2 aromatic carbocycles. The third-order valence-electron chi connectivity index (χ3n) is 6.12. The zero-order valence-electron chi connectivity index (χ0n) is 17.5. The molecule has 1 fully saturated rings. The lowest BCUT2D eigenvalue weighted by Gasteiger charge is -2.32. The molecule has 0 aromatic heterocycles. The van der Waals surface area contributed by atoms with Crippen LogP contribution in [0.5, 0.6) is 0 Å². The van der Waals surface area contributed by atoms with Crippen LogP contribution in [0.2, 0.25) is 5.02 Å². The summed E-state index contributed by atoms with van der Waals surface area (Å²) in [6, 6.07) is 11.8. The zero-order chi connectivity index (χ0) is 21.0. The van der Waals surface area contributed by atoms with Crippen LogP contribution in [-0.4, -0.2) is 24.2 Å². The van der Waals surface area contributed by atoms with Gasteiger partial charge in [-0.2, -0.15) is 0 Å². The Labute approximate surface area is 177 Å². The summed E-state index contributed by atoms with van der Waals surface area (Å²) < 4.78 is 12.4. The van der Waals surface area contributed by atoms with Crippen LogP contribution in [0, 0.1) is 0 Å². The SMILES string of the molecule is CC(=O)N1Cc2cc(B3OC(C)(C)C(C)(C)O3)ccc2/C=C\c2cc(Cl)ccc21. The summed E-state index contributed by atoms with van der Waals surface area (Å²) in [6.07, 6.45) is 4.07. The van der Waals surface area contributed by atoms with E-state index in [1.54, 1.807) is 11.8 Å². The van der Waals surface area contributed by atoms with Crippen molar-refractivity contribution in [2.24, 2.45) is 0 Å². The van der Waals surface area contributed by atoms with Crippen LogP contribution >= 0.6 is 11.6 Å². The summed E-state index contributed by atoms with van der Waals surface area (Å²) >= 11 is 6.17. The fraction of sp³-hybridized carbons (Fsp3) is 0.348. The first kappa shape index (κ1) is 20.2. The Morgan fingerprint density at radius 3 is 2.31 bits per heavy atom. The molecule has 6 heteroatoms. The molecule has 0 bridgehead atoms. The molecule has 150 valence electrons. The lowest BCUT2D eigenvalue weighted by molar-refractivity contribution is -0.116. The molecular formula is C23H25BClNO3. The molecule has 2 aliphatic heterocycles. The second-order valence-corrected chi connectivity index (χ2v) is 9.12. The summed E-state index contributed by atoms with van der Waals surface area (Å²) in [5.41, 5.74) is 4.04. The van der Waals surface area contributed by atoms with Gasteiger partial charge in [-0.25, -0.2) is 0 Å². The van der Waals surface area contributed by atoms with Gasteiger partial charge in [0.15, 0.2) is 0 Å². The summed E-state index contributed by atoms with van der Waals surface area (Å²) in [6.45, 7) is 10.2. The van der Waals surface area contributed by atoms with Crippen molar-refractivity contribution in [3.05, 3.63) is 58.1 Å². The van der Waals surface area contributed by atoms with Crippen LogP contribution in [0.3, 0.4) is 0 Å². The lowest BCUT2D eigenvalue weighted by atomic mass is 9.77. The summed E-state index contributed by atoms with van der Waals surface area (Å²) in [5, 5.41) is 0.647. The van der Waals surface area contributed by atoms with Crippen molar-refractivity contribution in [2.75, 3.05) is 4.90 Å². The molecule has 1 saturated heterocycles. The quantitative estimate of drug-likeness (QED) is 0.642. The number of carbonyl (C=O) groups excluding carboxylic acids is 1. The number of rotatable bonds is 1. The van der Waals surface area contributed by atoms with Crippen molar-refractivity contribution in [2.45, 2.75) is 52.4 Å². The molecule has 2 aromatic rings. The highest BCUT2D eigenvalue weighted by molar-refractivity contribution is 6.62. The van der Waals surface area contributed by atoms with Crippen molar-refractivity contribution >= 4 is 47.9 Å². The maximum Gasteiger partial charge on any atom is 0.494 e. The van der Waals surface area contributed by atoms with E-state index in [1.807, 2.05) is 58.0 Å². The predicted molar refractivity (Wildman–Crippen MR) is 119 cm³/mol. The van der Waals surface area contributed by atoms with Crippen LogP contribution in [0.4, 0.5) is 5.69 Å². The van der Waals surface area contributed by atoms with Gasteiger partial charge in [-0.15, -0.1) is 0 Å². The predicted octanol–water partition coefficient (Wildman–Crippen LogP) is 4.68. The van der Waals surface area contributed by atoms with Crippen molar-refractivity contribution in [3.8, 4) is 0 Å². The van der Waals surface area contributed by atoms with Gasteiger partial charge in [0, 0.05) is 11.9 Å². The highest BCUT2D eigenvalue weighted by atomic mass is 35.5. The van der Waals surface area contributed by atoms with Crippen LogP contribution in [0.25, 0.3) is 12.2 Å². The largest absolute Gasteiger partial charge is 0.494 e. The molecule has 0 atom stereocenters. The summed E-state index contributed by atoms with van der Waals surface area (Å²) in [5.74, 6) is -0.0177. The Morgan fingerprint density at radius 1 is 1.00 bits per heavy atom. The molecule has 1 amide bonds. The Balaban J connectivity index is 1.75. The minimum Gasteiger partial charge on any atom is -0.399 e. The average molecular weight is 410 g/mol. The average Bonchev–Trinajstić information content (AvgIpc) is 2.84. The first-order valence-corrected chi connectivity index (χ1v) is 10.2. The molecule has 0 spiro atoms. The number of hydrogen-bond acceptors (Lipinski definition) is 3. The molecule has 4 nitrogen and oxygen atoms in total. The molecule has 2 heterocycles. The van der Waals surface area contributed by atoms with E-state index in [0.29, 0.717) is 11.6 Å². The molecular weight excluding hydrogens is 385 g/mol. The van der Waals surface area contributed by atoms with Crippen molar-refractivity contribution in [1.82, 2.24) is 0 Å². The van der Waals surface area contributed by atoms with Crippen LogP contribution < -0.4 is 10.4 Å².